The van der Waals surface area contributed by atoms with E-state index in [-0.39, 0.29) is 12.1 Å². The van der Waals surface area contributed by atoms with E-state index in [4.69, 9.17) is 4.42 Å². The molecule has 0 aliphatic heterocycles. The number of rotatable bonds is 8. The second kappa shape index (κ2) is 7.62. The molecule has 1 aromatic heterocycles. The molecule has 21 heavy (non-hydrogen) atoms. The Morgan fingerprint density at radius 2 is 2.00 bits per heavy atom. The van der Waals surface area contributed by atoms with E-state index in [1.54, 1.807) is 0 Å². The SMILES string of the molecule is CCCCc1oc2ccccc2c1CNC(C)CC(C)O. The van der Waals surface area contributed by atoms with Crippen molar-refractivity contribution >= 4 is 11.0 Å². The van der Waals surface area contributed by atoms with Crippen molar-refractivity contribution in [2.45, 2.75) is 65.1 Å². The molecule has 116 valence electrons. The molecule has 2 rings (SSSR count). The number of aliphatic hydroxyl groups excluding tert-OH is 1. The number of fused-ring (bicyclic) bond motifs is 1. The van der Waals surface area contributed by atoms with Crippen LogP contribution < -0.4 is 5.32 Å². The van der Waals surface area contributed by atoms with Crippen molar-refractivity contribution in [3.63, 3.8) is 0 Å². The molecule has 0 bridgehead atoms. The van der Waals surface area contributed by atoms with Gasteiger partial charge in [-0.3, -0.25) is 0 Å². The molecule has 0 aliphatic rings. The fourth-order valence-electron chi connectivity index (χ4n) is 2.75. The molecular weight excluding hydrogens is 262 g/mol. The van der Waals surface area contributed by atoms with Gasteiger partial charge in [0.15, 0.2) is 0 Å². The minimum Gasteiger partial charge on any atom is -0.461 e. The molecule has 1 aromatic carbocycles. The molecule has 3 nitrogen and oxygen atoms in total. The standard InChI is InChI=1S/C18H27NO2/c1-4-5-9-18-16(12-19-13(2)11-14(3)20)15-8-6-7-10-17(15)21-18/h6-8,10,13-14,19-20H,4-5,9,11-12H2,1-3H3. The summed E-state index contributed by atoms with van der Waals surface area (Å²) in [5.41, 5.74) is 2.25. The molecule has 2 atom stereocenters. The Hall–Kier alpha value is -1.32. The first kappa shape index (κ1) is 16.1. The number of aliphatic hydroxyl groups is 1. The molecule has 0 fully saturated rings. The lowest BCUT2D eigenvalue weighted by atomic mass is 10.1. The van der Waals surface area contributed by atoms with Gasteiger partial charge in [0.05, 0.1) is 6.10 Å². The maximum atomic E-state index is 9.46. The molecular formula is C18H27NO2. The number of furan rings is 1. The Balaban J connectivity index is 2.15. The number of aryl methyl sites for hydroxylation is 1. The van der Waals surface area contributed by atoms with Gasteiger partial charge in [-0.15, -0.1) is 0 Å². The Morgan fingerprint density at radius 1 is 1.24 bits per heavy atom. The van der Waals surface area contributed by atoms with Crippen LogP contribution in [-0.4, -0.2) is 17.3 Å². The third-order valence-corrected chi connectivity index (χ3v) is 3.86. The molecule has 2 N–H and O–H groups in total. The Kier molecular flexibility index (Phi) is 5.83. The fourth-order valence-corrected chi connectivity index (χ4v) is 2.75. The van der Waals surface area contributed by atoms with Crippen LogP contribution in [0.5, 0.6) is 0 Å². The van der Waals surface area contributed by atoms with Crippen LogP contribution in [-0.2, 0) is 13.0 Å². The van der Waals surface area contributed by atoms with Crippen LogP contribution in [0.1, 0.15) is 51.4 Å². The zero-order chi connectivity index (χ0) is 15.2. The van der Waals surface area contributed by atoms with Gasteiger partial charge >= 0.3 is 0 Å². The van der Waals surface area contributed by atoms with Gasteiger partial charge in [0.1, 0.15) is 11.3 Å². The summed E-state index contributed by atoms with van der Waals surface area (Å²) in [6.45, 7) is 6.94. The van der Waals surface area contributed by atoms with Crippen molar-refractivity contribution in [3.8, 4) is 0 Å². The summed E-state index contributed by atoms with van der Waals surface area (Å²) in [6.07, 6.45) is 3.80. The fraction of sp³-hybridized carbons (Fsp3) is 0.556. The highest BCUT2D eigenvalue weighted by atomic mass is 16.3. The molecule has 2 aromatic rings. The van der Waals surface area contributed by atoms with Crippen LogP contribution in [0.25, 0.3) is 11.0 Å². The average Bonchev–Trinajstić information content (AvgIpc) is 2.79. The maximum absolute atomic E-state index is 9.46. The summed E-state index contributed by atoms with van der Waals surface area (Å²) in [5, 5.41) is 14.2. The Labute approximate surface area is 127 Å². The van der Waals surface area contributed by atoms with E-state index in [0.717, 1.165) is 37.2 Å². The van der Waals surface area contributed by atoms with E-state index >= 15 is 0 Å². The number of para-hydroxylation sites is 1. The summed E-state index contributed by atoms with van der Waals surface area (Å²) in [7, 11) is 0. The zero-order valence-electron chi connectivity index (χ0n) is 13.4. The van der Waals surface area contributed by atoms with Gasteiger partial charge in [0.25, 0.3) is 0 Å². The van der Waals surface area contributed by atoms with Crippen LogP contribution in [0.4, 0.5) is 0 Å². The van der Waals surface area contributed by atoms with Crippen LogP contribution in [0.2, 0.25) is 0 Å². The van der Waals surface area contributed by atoms with Crippen molar-refractivity contribution in [1.82, 2.24) is 5.32 Å². The van der Waals surface area contributed by atoms with E-state index in [2.05, 4.69) is 31.3 Å². The predicted octanol–water partition coefficient (Wildman–Crippen LogP) is 4.02. The largest absolute Gasteiger partial charge is 0.461 e. The third kappa shape index (κ3) is 4.32. The zero-order valence-corrected chi connectivity index (χ0v) is 13.4. The van der Waals surface area contributed by atoms with Gasteiger partial charge in [-0.25, -0.2) is 0 Å². The van der Waals surface area contributed by atoms with Gasteiger partial charge in [-0.2, -0.15) is 0 Å². The van der Waals surface area contributed by atoms with E-state index in [0.29, 0.717) is 0 Å². The van der Waals surface area contributed by atoms with Crippen LogP contribution in [0, 0.1) is 0 Å². The Morgan fingerprint density at radius 3 is 2.71 bits per heavy atom. The molecule has 3 heteroatoms. The number of hydrogen-bond donors (Lipinski definition) is 2. The number of unbranched alkanes of at least 4 members (excludes halogenated alkanes) is 1. The van der Waals surface area contributed by atoms with E-state index in [1.807, 2.05) is 19.1 Å². The third-order valence-electron chi connectivity index (χ3n) is 3.86. The smallest absolute Gasteiger partial charge is 0.134 e. The van der Waals surface area contributed by atoms with Crippen LogP contribution >= 0.6 is 0 Å². The highest BCUT2D eigenvalue weighted by Crippen LogP contribution is 2.27. The summed E-state index contributed by atoms with van der Waals surface area (Å²) in [5.74, 6) is 1.11. The summed E-state index contributed by atoms with van der Waals surface area (Å²) < 4.78 is 6.03. The van der Waals surface area contributed by atoms with Gasteiger partial charge < -0.3 is 14.8 Å². The monoisotopic (exact) mass is 289 g/mol. The minimum atomic E-state index is -0.270. The van der Waals surface area contributed by atoms with E-state index < -0.39 is 0 Å². The first-order valence-electron chi connectivity index (χ1n) is 8.02. The number of hydrogen-bond acceptors (Lipinski definition) is 3. The second-order valence-corrected chi connectivity index (χ2v) is 5.97. The average molecular weight is 289 g/mol. The van der Waals surface area contributed by atoms with E-state index in [1.165, 1.54) is 17.4 Å². The molecule has 0 amide bonds. The normalized spacial score (nSPS) is 14.5. The van der Waals surface area contributed by atoms with Crippen molar-refractivity contribution in [1.29, 1.82) is 0 Å². The van der Waals surface area contributed by atoms with Gasteiger partial charge in [0, 0.05) is 30.0 Å². The predicted molar refractivity (Wildman–Crippen MR) is 87.4 cm³/mol. The molecule has 0 saturated carbocycles. The van der Waals surface area contributed by atoms with Gasteiger partial charge in [0.2, 0.25) is 0 Å². The van der Waals surface area contributed by atoms with Crippen molar-refractivity contribution < 1.29 is 9.52 Å². The summed E-state index contributed by atoms with van der Waals surface area (Å²) in [4.78, 5) is 0. The quantitative estimate of drug-likeness (QED) is 0.771. The molecule has 2 unspecified atom stereocenters. The summed E-state index contributed by atoms with van der Waals surface area (Å²) in [6, 6.07) is 8.53. The first-order chi connectivity index (χ1) is 10.1. The van der Waals surface area contributed by atoms with Crippen molar-refractivity contribution in [3.05, 3.63) is 35.6 Å². The second-order valence-electron chi connectivity index (χ2n) is 5.97. The van der Waals surface area contributed by atoms with Crippen molar-refractivity contribution in [2.75, 3.05) is 0 Å². The van der Waals surface area contributed by atoms with Gasteiger partial charge in [-0.05, 0) is 32.8 Å². The number of nitrogens with one attached hydrogen (secondary N) is 1. The lowest BCUT2D eigenvalue weighted by Gasteiger charge is -2.15. The highest BCUT2D eigenvalue weighted by molar-refractivity contribution is 5.82. The Bertz CT molecular complexity index is 559. The molecule has 0 aliphatic carbocycles. The summed E-state index contributed by atoms with van der Waals surface area (Å²) >= 11 is 0. The first-order valence-corrected chi connectivity index (χ1v) is 8.02. The molecule has 0 spiro atoms. The lowest BCUT2D eigenvalue weighted by molar-refractivity contribution is 0.170. The number of benzene rings is 1. The molecule has 0 radical (unpaired) electrons. The molecule has 1 heterocycles. The van der Waals surface area contributed by atoms with Crippen LogP contribution in [0.15, 0.2) is 28.7 Å². The van der Waals surface area contributed by atoms with Gasteiger partial charge in [-0.1, -0.05) is 31.5 Å². The molecule has 0 saturated heterocycles. The maximum Gasteiger partial charge on any atom is 0.134 e. The minimum absolute atomic E-state index is 0.270. The topological polar surface area (TPSA) is 45.4 Å². The highest BCUT2D eigenvalue weighted by Gasteiger charge is 2.14. The van der Waals surface area contributed by atoms with Crippen LogP contribution in [0.3, 0.4) is 0 Å². The lowest BCUT2D eigenvalue weighted by Crippen LogP contribution is -2.28. The van der Waals surface area contributed by atoms with Crippen molar-refractivity contribution in [2.24, 2.45) is 0 Å². The van der Waals surface area contributed by atoms with E-state index in [9.17, 15) is 5.11 Å².